The van der Waals surface area contributed by atoms with Crippen LogP contribution in [0.5, 0.6) is 0 Å². The van der Waals surface area contributed by atoms with Crippen LogP contribution in [0.2, 0.25) is 0 Å². The van der Waals surface area contributed by atoms with E-state index in [9.17, 15) is 13.2 Å². The van der Waals surface area contributed by atoms with Crippen LogP contribution >= 0.6 is 0 Å². The van der Waals surface area contributed by atoms with Gasteiger partial charge in [0.1, 0.15) is 0 Å². The van der Waals surface area contributed by atoms with Crippen molar-refractivity contribution in [3.8, 4) is 0 Å². The third-order valence-electron chi connectivity index (χ3n) is 2.28. The summed E-state index contributed by atoms with van der Waals surface area (Å²) in [6.07, 6.45) is -1.01. The smallest absolute Gasteiger partial charge is 0.378 e. The molecule has 1 heterocycles. The molecule has 0 fully saturated rings. The van der Waals surface area contributed by atoms with Gasteiger partial charge in [-0.1, -0.05) is 12.1 Å². The normalized spacial score (nSPS) is 11.5. The van der Waals surface area contributed by atoms with E-state index in [-0.39, 0.29) is 0 Å². The predicted octanol–water partition coefficient (Wildman–Crippen LogP) is 3.04. The van der Waals surface area contributed by atoms with Crippen molar-refractivity contribution >= 4 is 5.69 Å². The molecule has 0 atom stereocenters. The molecular formula is C11H10F3N3. The average Bonchev–Trinajstić information content (AvgIpc) is 2.78. The number of rotatable bonds is 3. The molecule has 1 aromatic carbocycles. The van der Waals surface area contributed by atoms with Gasteiger partial charge in [-0.3, -0.25) is 5.10 Å². The zero-order valence-corrected chi connectivity index (χ0v) is 8.75. The minimum absolute atomic E-state index is 0.456. The molecule has 0 saturated heterocycles. The summed E-state index contributed by atoms with van der Waals surface area (Å²) in [6, 6.07) is 5.06. The van der Waals surface area contributed by atoms with Gasteiger partial charge in [0.2, 0.25) is 0 Å². The van der Waals surface area contributed by atoms with Gasteiger partial charge in [-0.25, -0.2) is 0 Å². The first-order valence-corrected chi connectivity index (χ1v) is 4.94. The highest BCUT2D eigenvalue weighted by atomic mass is 19.4. The maximum atomic E-state index is 12.3. The van der Waals surface area contributed by atoms with Crippen LogP contribution in [0.1, 0.15) is 11.1 Å². The summed E-state index contributed by atoms with van der Waals surface area (Å²) < 4.78 is 36.9. The number of halogens is 3. The number of hydrogen-bond acceptors (Lipinski definition) is 2. The van der Waals surface area contributed by atoms with Gasteiger partial charge in [0.25, 0.3) is 0 Å². The number of anilines is 1. The van der Waals surface area contributed by atoms with Crippen molar-refractivity contribution in [2.75, 3.05) is 5.32 Å². The van der Waals surface area contributed by atoms with E-state index in [4.69, 9.17) is 0 Å². The number of benzene rings is 1. The van der Waals surface area contributed by atoms with E-state index in [2.05, 4.69) is 15.5 Å². The Hall–Kier alpha value is -1.98. The number of aromatic nitrogens is 2. The summed E-state index contributed by atoms with van der Waals surface area (Å²) >= 11 is 0. The van der Waals surface area contributed by atoms with Crippen molar-refractivity contribution in [2.45, 2.75) is 12.7 Å². The van der Waals surface area contributed by atoms with Crippen LogP contribution in [0, 0.1) is 0 Å². The van der Waals surface area contributed by atoms with Gasteiger partial charge in [-0.05, 0) is 17.7 Å². The molecule has 0 spiro atoms. The molecule has 0 aliphatic heterocycles. The number of nitrogens with zero attached hydrogens (tertiary/aromatic N) is 1. The first-order chi connectivity index (χ1) is 8.05. The number of alkyl halides is 3. The van der Waals surface area contributed by atoms with Crippen LogP contribution in [0.3, 0.4) is 0 Å². The predicted molar refractivity (Wildman–Crippen MR) is 57.4 cm³/mol. The molecule has 6 heteroatoms. The van der Waals surface area contributed by atoms with E-state index < -0.39 is 11.7 Å². The highest BCUT2D eigenvalue weighted by Gasteiger charge is 2.29. The van der Waals surface area contributed by atoms with E-state index in [0.717, 1.165) is 23.4 Å². The number of nitrogens with one attached hydrogen (secondary N) is 2. The van der Waals surface area contributed by atoms with Gasteiger partial charge in [-0.2, -0.15) is 18.3 Å². The van der Waals surface area contributed by atoms with Gasteiger partial charge < -0.3 is 5.32 Å². The second-order valence-corrected chi connectivity index (χ2v) is 3.54. The molecule has 0 radical (unpaired) electrons. The third kappa shape index (κ3) is 2.99. The Morgan fingerprint density at radius 1 is 1.18 bits per heavy atom. The van der Waals surface area contributed by atoms with Crippen LogP contribution in [0.25, 0.3) is 0 Å². The molecular weight excluding hydrogens is 231 g/mol. The highest BCUT2D eigenvalue weighted by molar-refractivity contribution is 5.38. The average molecular weight is 241 g/mol. The largest absolute Gasteiger partial charge is 0.416 e. The summed E-state index contributed by atoms with van der Waals surface area (Å²) in [7, 11) is 0. The van der Waals surface area contributed by atoms with E-state index in [1.807, 2.05) is 0 Å². The van der Waals surface area contributed by atoms with Gasteiger partial charge >= 0.3 is 6.18 Å². The summed E-state index contributed by atoms with van der Waals surface area (Å²) in [5.41, 5.74) is 0.939. The molecule has 3 nitrogen and oxygen atoms in total. The monoisotopic (exact) mass is 241 g/mol. The van der Waals surface area contributed by atoms with Crippen molar-refractivity contribution in [1.29, 1.82) is 0 Å². The molecule has 0 amide bonds. The fourth-order valence-electron chi connectivity index (χ4n) is 1.36. The van der Waals surface area contributed by atoms with Crippen molar-refractivity contribution in [3.05, 3.63) is 47.8 Å². The van der Waals surface area contributed by atoms with Gasteiger partial charge in [0.15, 0.2) is 0 Å². The SMILES string of the molecule is FC(F)(F)c1ccc(CNc2cn[nH]c2)cc1. The Morgan fingerprint density at radius 2 is 1.88 bits per heavy atom. The fraction of sp³-hybridized carbons (Fsp3) is 0.182. The quantitative estimate of drug-likeness (QED) is 0.867. The standard InChI is InChI=1S/C11H10F3N3/c12-11(13,14)9-3-1-8(2-4-9)5-15-10-6-16-17-7-10/h1-4,6-7,15H,5H2,(H,16,17). The Balaban J connectivity index is 1.99. The minimum atomic E-state index is -4.28. The van der Waals surface area contributed by atoms with Crippen LogP contribution in [-0.2, 0) is 12.7 Å². The Bertz CT molecular complexity index is 460. The van der Waals surface area contributed by atoms with Crippen LogP contribution in [-0.4, -0.2) is 10.2 Å². The summed E-state index contributed by atoms with van der Waals surface area (Å²) in [5.74, 6) is 0. The first-order valence-electron chi connectivity index (χ1n) is 4.94. The maximum absolute atomic E-state index is 12.3. The van der Waals surface area contributed by atoms with Gasteiger partial charge in [-0.15, -0.1) is 0 Å². The maximum Gasteiger partial charge on any atom is 0.416 e. The van der Waals surface area contributed by atoms with Crippen LogP contribution in [0.4, 0.5) is 18.9 Å². The van der Waals surface area contributed by atoms with Gasteiger partial charge in [0.05, 0.1) is 17.4 Å². The molecule has 0 bridgehead atoms. The Kier molecular flexibility index (Phi) is 3.03. The van der Waals surface area contributed by atoms with Gasteiger partial charge in [0, 0.05) is 12.7 Å². The van der Waals surface area contributed by atoms with Crippen LogP contribution in [0.15, 0.2) is 36.7 Å². The summed E-state index contributed by atoms with van der Waals surface area (Å²) in [5, 5.41) is 9.40. The number of aromatic amines is 1. The topological polar surface area (TPSA) is 40.7 Å². The molecule has 2 aromatic rings. The van der Waals surface area contributed by atoms with Crippen molar-refractivity contribution in [2.24, 2.45) is 0 Å². The lowest BCUT2D eigenvalue weighted by atomic mass is 10.1. The molecule has 1 aromatic heterocycles. The molecule has 0 unspecified atom stereocenters. The van der Waals surface area contributed by atoms with E-state index in [1.165, 1.54) is 12.1 Å². The van der Waals surface area contributed by atoms with E-state index in [0.29, 0.717) is 6.54 Å². The van der Waals surface area contributed by atoms with E-state index in [1.54, 1.807) is 12.4 Å². The molecule has 17 heavy (non-hydrogen) atoms. The molecule has 0 aliphatic carbocycles. The first kappa shape index (κ1) is 11.5. The molecule has 2 N–H and O–H groups in total. The molecule has 0 aliphatic rings. The lowest BCUT2D eigenvalue weighted by molar-refractivity contribution is -0.137. The zero-order chi connectivity index (χ0) is 12.3. The van der Waals surface area contributed by atoms with Crippen molar-refractivity contribution in [1.82, 2.24) is 10.2 Å². The molecule has 0 saturated carbocycles. The third-order valence-corrected chi connectivity index (χ3v) is 2.28. The van der Waals surface area contributed by atoms with Crippen molar-refractivity contribution < 1.29 is 13.2 Å². The zero-order valence-electron chi connectivity index (χ0n) is 8.75. The number of H-pyrrole nitrogens is 1. The van der Waals surface area contributed by atoms with E-state index >= 15 is 0 Å². The van der Waals surface area contributed by atoms with Crippen molar-refractivity contribution in [3.63, 3.8) is 0 Å². The highest BCUT2D eigenvalue weighted by Crippen LogP contribution is 2.29. The Labute approximate surface area is 95.7 Å². The molecule has 90 valence electrons. The lowest BCUT2D eigenvalue weighted by Crippen LogP contribution is -2.05. The second kappa shape index (κ2) is 4.48. The molecule has 2 rings (SSSR count). The second-order valence-electron chi connectivity index (χ2n) is 3.54. The minimum Gasteiger partial charge on any atom is -0.378 e. The van der Waals surface area contributed by atoms with Crippen LogP contribution < -0.4 is 5.32 Å². The summed E-state index contributed by atoms with van der Waals surface area (Å²) in [4.78, 5) is 0. The number of hydrogen-bond donors (Lipinski definition) is 2. The lowest BCUT2D eigenvalue weighted by Gasteiger charge is -2.08. The Morgan fingerprint density at radius 3 is 2.41 bits per heavy atom. The summed E-state index contributed by atoms with van der Waals surface area (Å²) in [6.45, 7) is 0.456. The fourth-order valence-corrected chi connectivity index (χ4v) is 1.36.